The van der Waals surface area contributed by atoms with Crippen LogP contribution < -0.4 is 15.8 Å². The van der Waals surface area contributed by atoms with E-state index in [-0.39, 0.29) is 18.3 Å². The molecule has 1 aromatic heterocycles. The Balaban J connectivity index is 1.61. The molecule has 0 saturated carbocycles. The summed E-state index contributed by atoms with van der Waals surface area (Å²) in [6, 6.07) is 13.9. The van der Waals surface area contributed by atoms with Crippen molar-refractivity contribution in [3.8, 4) is 5.75 Å². The third-order valence-electron chi connectivity index (χ3n) is 3.94. The van der Waals surface area contributed by atoms with Gasteiger partial charge in [-0.2, -0.15) is 0 Å². The van der Waals surface area contributed by atoms with E-state index in [1.54, 1.807) is 63.2 Å². The number of rotatable bonds is 6. The van der Waals surface area contributed by atoms with Crippen molar-refractivity contribution in [2.24, 2.45) is 5.73 Å². The largest absolute Gasteiger partial charge is 0.482 e. The molecule has 0 fully saturated rings. The second kappa shape index (κ2) is 8.54. The first kappa shape index (κ1) is 21.3. The molecule has 0 aliphatic rings. The van der Waals surface area contributed by atoms with E-state index in [0.717, 1.165) is 10.1 Å². The van der Waals surface area contributed by atoms with Crippen LogP contribution in [-0.4, -0.2) is 29.9 Å². The zero-order valence-electron chi connectivity index (χ0n) is 16.9. The molecule has 0 atom stereocenters. The Morgan fingerprint density at radius 2 is 1.80 bits per heavy atom. The topological polar surface area (TPSA) is 114 Å². The minimum atomic E-state index is -0.561. The molecule has 1 heterocycles. The summed E-state index contributed by atoms with van der Waals surface area (Å²) >= 11 is 1.33. The number of amidine groups is 1. The van der Waals surface area contributed by atoms with E-state index in [1.165, 1.54) is 11.3 Å². The first-order valence-corrected chi connectivity index (χ1v) is 10.1. The van der Waals surface area contributed by atoms with Gasteiger partial charge in [-0.3, -0.25) is 10.2 Å². The van der Waals surface area contributed by atoms with Gasteiger partial charge in [0, 0.05) is 16.0 Å². The molecule has 8 heteroatoms. The number of esters is 1. The maximum absolute atomic E-state index is 12.6. The zero-order valence-corrected chi connectivity index (χ0v) is 17.8. The average molecular weight is 426 g/mol. The van der Waals surface area contributed by atoms with Crippen LogP contribution in [0.25, 0.3) is 10.1 Å². The lowest BCUT2D eigenvalue weighted by molar-refractivity contribution is -0.157. The number of benzene rings is 2. The number of nitrogens with one attached hydrogen (secondary N) is 2. The number of anilines is 1. The Labute approximate surface area is 178 Å². The highest BCUT2D eigenvalue weighted by atomic mass is 32.1. The molecule has 0 aliphatic heterocycles. The van der Waals surface area contributed by atoms with Gasteiger partial charge < -0.3 is 20.5 Å². The van der Waals surface area contributed by atoms with Crippen molar-refractivity contribution in [2.45, 2.75) is 26.4 Å². The van der Waals surface area contributed by atoms with E-state index in [1.807, 2.05) is 6.07 Å². The summed E-state index contributed by atoms with van der Waals surface area (Å²) in [6.07, 6.45) is 0. The van der Waals surface area contributed by atoms with Crippen LogP contribution in [0.15, 0.2) is 48.5 Å². The summed E-state index contributed by atoms with van der Waals surface area (Å²) in [7, 11) is 0. The van der Waals surface area contributed by atoms with Gasteiger partial charge in [0.2, 0.25) is 0 Å². The second-order valence-electron chi connectivity index (χ2n) is 7.63. The van der Waals surface area contributed by atoms with Crippen molar-refractivity contribution in [1.29, 1.82) is 5.41 Å². The second-order valence-corrected chi connectivity index (χ2v) is 8.71. The molecule has 30 heavy (non-hydrogen) atoms. The summed E-state index contributed by atoms with van der Waals surface area (Å²) in [5.74, 6) is -0.191. The molecule has 0 spiro atoms. The Morgan fingerprint density at radius 3 is 2.43 bits per heavy atom. The SMILES string of the molecule is CC(C)(C)OC(=O)COc1ccc(NC(=O)c2cc3ccc(C(=N)N)cc3s2)cc1. The molecule has 4 N–H and O–H groups in total. The van der Waals surface area contributed by atoms with E-state index in [2.05, 4.69) is 5.32 Å². The Bertz CT molecular complexity index is 1100. The van der Waals surface area contributed by atoms with Crippen LogP contribution in [0.1, 0.15) is 36.0 Å². The van der Waals surface area contributed by atoms with Gasteiger partial charge in [0.25, 0.3) is 5.91 Å². The lowest BCUT2D eigenvalue weighted by Crippen LogP contribution is -2.27. The minimum Gasteiger partial charge on any atom is -0.482 e. The third-order valence-corrected chi connectivity index (χ3v) is 5.04. The lowest BCUT2D eigenvalue weighted by Gasteiger charge is -2.19. The molecule has 0 unspecified atom stereocenters. The molecule has 0 saturated heterocycles. The van der Waals surface area contributed by atoms with Crippen molar-refractivity contribution in [2.75, 3.05) is 11.9 Å². The van der Waals surface area contributed by atoms with E-state index < -0.39 is 11.6 Å². The van der Waals surface area contributed by atoms with Crippen LogP contribution in [0.3, 0.4) is 0 Å². The van der Waals surface area contributed by atoms with Gasteiger partial charge in [-0.05, 0) is 62.6 Å². The highest BCUT2D eigenvalue weighted by molar-refractivity contribution is 7.20. The van der Waals surface area contributed by atoms with E-state index in [4.69, 9.17) is 20.6 Å². The highest BCUT2D eigenvalue weighted by Gasteiger charge is 2.16. The summed E-state index contributed by atoms with van der Waals surface area (Å²) in [5, 5.41) is 11.3. The molecule has 0 bridgehead atoms. The number of carbonyl (C=O) groups excluding carboxylic acids is 2. The molecule has 3 rings (SSSR count). The van der Waals surface area contributed by atoms with Gasteiger partial charge in [-0.15, -0.1) is 11.3 Å². The maximum atomic E-state index is 12.6. The van der Waals surface area contributed by atoms with Crippen LogP contribution in [0.5, 0.6) is 5.75 Å². The maximum Gasteiger partial charge on any atom is 0.344 e. The van der Waals surface area contributed by atoms with Gasteiger partial charge in [0.1, 0.15) is 17.2 Å². The van der Waals surface area contributed by atoms with Crippen LogP contribution in [-0.2, 0) is 9.53 Å². The fourth-order valence-electron chi connectivity index (χ4n) is 2.65. The molecule has 3 aromatic rings. The number of thiophene rings is 1. The first-order valence-electron chi connectivity index (χ1n) is 9.25. The molecule has 1 amide bonds. The predicted molar refractivity (Wildman–Crippen MR) is 119 cm³/mol. The Hall–Kier alpha value is -3.39. The molecule has 2 aromatic carbocycles. The van der Waals surface area contributed by atoms with E-state index in [0.29, 0.717) is 21.9 Å². The normalized spacial score (nSPS) is 11.2. The summed E-state index contributed by atoms with van der Waals surface area (Å²) in [4.78, 5) is 24.8. The number of hydrogen-bond donors (Lipinski definition) is 3. The Kier molecular flexibility index (Phi) is 6.07. The van der Waals surface area contributed by atoms with Crippen LogP contribution >= 0.6 is 11.3 Å². The lowest BCUT2D eigenvalue weighted by atomic mass is 10.1. The fourth-order valence-corrected chi connectivity index (χ4v) is 3.65. The average Bonchev–Trinajstić information content (AvgIpc) is 3.09. The van der Waals surface area contributed by atoms with Gasteiger partial charge in [0.15, 0.2) is 6.61 Å². The fraction of sp³-hybridized carbons (Fsp3) is 0.227. The molecule has 156 valence electrons. The zero-order chi connectivity index (χ0) is 21.9. The number of fused-ring (bicyclic) bond motifs is 1. The van der Waals surface area contributed by atoms with Crippen molar-refractivity contribution < 1.29 is 19.1 Å². The van der Waals surface area contributed by atoms with E-state index in [9.17, 15) is 9.59 Å². The van der Waals surface area contributed by atoms with Gasteiger partial charge in [0.05, 0.1) is 4.88 Å². The molecule has 0 radical (unpaired) electrons. The smallest absolute Gasteiger partial charge is 0.344 e. The summed E-state index contributed by atoms with van der Waals surface area (Å²) in [6.45, 7) is 5.19. The number of hydrogen-bond acceptors (Lipinski definition) is 6. The highest BCUT2D eigenvalue weighted by Crippen LogP contribution is 2.27. The Morgan fingerprint density at radius 1 is 1.10 bits per heavy atom. The monoisotopic (exact) mass is 425 g/mol. The summed E-state index contributed by atoms with van der Waals surface area (Å²) < 4.78 is 11.5. The van der Waals surface area contributed by atoms with Crippen molar-refractivity contribution in [1.82, 2.24) is 0 Å². The number of nitrogens with two attached hydrogens (primary N) is 1. The first-order chi connectivity index (χ1) is 14.1. The van der Waals surface area contributed by atoms with Crippen molar-refractivity contribution >= 4 is 44.8 Å². The third kappa shape index (κ3) is 5.57. The van der Waals surface area contributed by atoms with E-state index >= 15 is 0 Å². The van der Waals surface area contributed by atoms with Crippen molar-refractivity contribution in [3.63, 3.8) is 0 Å². The van der Waals surface area contributed by atoms with Crippen LogP contribution in [0.2, 0.25) is 0 Å². The van der Waals surface area contributed by atoms with Gasteiger partial charge >= 0.3 is 5.97 Å². The molecule has 7 nitrogen and oxygen atoms in total. The summed E-state index contributed by atoms with van der Waals surface area (Å²) in [5.41, 5.74) is 6.19. The molecule has 0 aliphatic carbocycles. The predicted octanol–water partition coefficient (Wildman–Crippen LogP) is 4.16. The number of nitrogen functional groups attached to an aromatic ring is 1. The number of carbonyl (C=O) groups is 2. The standard InChI is InChI=1S/C22H23N3O4S/c1-22(2,3)29-19(26)12-28-16-8-6-15(7-9-16)25-21(27)18-10-13-4-5-14(20(23)24)11-17(13)30-18/h4-11H,12H2,1-3H3,(H3,23,24)(H,25,27). The minimum absolute atomic E-state index is 0.00900. The number of ether oxygens (including phenoxy) is 2. The number of amides is 1. The van der Waals surface area contributed by atoms with Crippen molar-refractivity contribution in [3.05, 3.63) is 59.0 Å². The van der Waals surface area contributed by atoms with Crippen LogP contribution in [0, 0.1) is 5.41 Å². The molecular formula is C22H23N3O4S. The van der Waals surface area contributed by atoms with Crippen LogP contribution in [0.4, 0.5) is 5.69 Å². The van der Waals surface area contributed by atoms with Gasteiger partial charge in [-0.25, -0.2) is 4.79 Å². The quantitative estimate of drug-likeness (QED) is 0.312. The molecular weight excluding hydrogens is 402 g/mol. The van der Waals surface area contributed by atoms with Gasteiger partial charge in [-0.1, -0.05) is 12.1 Å².